The van der Waals surface area contributed by atoms with Crippen LogP contribution in [0.4, 0.5) is 0 Å². The summed E-state index contributed by atoms with van der Waals surface area (Å²) in [6.07, 6.45) is 0. The van der Waals surface area contributed by atoms with Crippen LogP contribution < -0.4 is 0 Å². The van der Waals surface area contributed by atoms with Crippen LogP contribution in [0.25, 0.3) is 0 Å². The highest BCUT2D eigenvalue weighted by atomic mass is 79.9. The average molecular weight is 288 g/mol. The first-order chi connectivity index (χ1) is 7.36. The average Bonchev–Trinajstić information content (AvgIpc) is 2.23. The molecular formula is C11H14BrNO3. The van der Waals surface area contributed by atoms with Crippen molar-refractivity contribution in [1.29, 1.82) is 0 Å². The Hall–Kier alpha value is -1.10. The number of halogens is 1. The number of hydrogen-bond acceptors (Lipinski definition) is 3. The Morgan fingerprint density at radius 2 is 1.62 bits per heavy atom. The van der Waals surface area contributed by atoms with Crippen LogP contribution in [-0.2, 0) is 11.4 Å². The van der Waals surface area contributed by atoms with E-state index in [2.05, 4.69) is 20.8 Å². The number of nitrogens with zero attached hydrogens (tertiary/aromatic N) is 1. The van der Waals surface area contributed by atoms with Gasteiger partial charge in [-0.1, -0.05) is 15.9 Å². The number of rotatable bonds is 3. The molecule has 1 rings (SSSR count). The number of hydrogen-bond donors (Lipinski definition) is 0. The van der Waals surface area contributed by atoms with Crippen LogP contribution in [0.2, 0.25) is 0 Å². The standard InChI is InChI=1S/C11H14BrNO3/c1-6-7(2)9(4)11(12)10(8(6)3)5-16-13(14)15/h5H2,1-4H3. The van der Waals surface area contributed by atoms with Gasteiger partial charge in [0.05, 0.1) is 0 Å². The lowest BCUT2D eigenvalue weighted by molar-refractivity contribution is -0.763. The van der Waals surface area contributed by atoms with E-state index in [0.29, 0.717) is 0 Å². The molecule has 0 atom stereocenters. The molecule has 4 nitrogen and oxygen atoms in total. The molecule has 0 aliphatic carbocycles. The molecule has 5 heteroatoms. The molecule has 88 valence electrons. The van der Waals surface area contributed by atoms with Crippen LogP contribution in [-0.4, -0.2) is 5.09 Å². The maximum absolute atomic E-state index is 10.2. The Kier molecular flexibility index (Phi) is 3.91. The minimum atomic E-state index is -0.767. The first-order valence-corrected chi connectivity index (χ1v) is 5.67. The molecule has 16 heavy (non-hydrogen) atoms. The van der Waals surface area contributed by atoms with Crippen molar-refractivity contribution in [3.63, 3.8) is 0 Å². The van der Waals surface area contributed by atoms with Crippen molar-refractivity contribution in [1.82, 2.24) is 0 Å². The quantitative estimate of drug-likeness (QED) is 0.632. The van der Waals surface area contributed by atoms with Gasteiger partial charge in [0.1, 0.15) is 6.61 Å². The molecule has 0 bridgehead atoms. The van der Waals surface area contributed by atoms with Gasteiger partial charge >= 0.3 is 0 Å². The predicted molar refractivity (Wildman–Crippen MR) is 64.9 cm³/mol. The summed E-state index contributed by atoms with van der Waals surface area (Å²) in [5.41, 5.74) is 5.34. The molecule has 0 saturated carbocycles. The van der Waals surface area contributed by atoms with Crippen molar-refractivity contribution < 1.29 is 9.92 Å². The highest BCUT2D eigenvalue weighted by Crippen LogP contribution is 2.31. The third kappa shape index (κ3) is 2.35. The van der Waals surface area contributed by atoms with Crippen molar-refractivity contribution in [3.8, 4) is 0 Å². The fraction of sp³-hybridized carbons (Fsp3) is 0.455. The van der Waals surface area contributed by atoms with Gasteiger partial charge in [-0.05, 0) is 55.5 Å². The normalized spacial score (nSPS) is 10.3. The summed E-state index contributed by atoms with van der Waals surface area (Å²) in [5, 5.41) is 9.43. The van der Waals surface area contributed by atoms with Crippen LogP contribution in [0, 0.1) is 37.8 Å². The summed E-state index contributed by atoms with van der Waals surface area (Å²) in [6.45, 7) is 7.98. The van der Waals surface area contributed by atoms with Gasteiger partial charge in [-0.3, -0.25) is 0 Å². The molecule has 1 aromatic rings. The van der Waals surface area contributed by atoms with Gasteiger partial charge in [-0.25, -0.2) is 0 Å². The second kappa shape index (κ2) is 4.82. The summed E-state index contributed by atoms with van der Waals surface area (Å²) < 4.78 is 0.898. The van der Waals surface area contributed by atoms with E-state index in [1.165, 1.54) is 5.56 Å². The zero-order chi connectivity index (χ0) is 12.5. The van der Waals surface area contributed by atoms with Crippen molar-refractivity contribution in [2.75, 3.05) is 0 Å². The van der Waals surface area contributed by atoms with Gasteiger partial charge < -0.3 is 4.84 Å². The first-order valence-electron chi connectivity index (χ1n) is 4.88. The van der Waals surface area contributed by atoms with E-state index in [4.69, 9.17) is 0 Å². The van der Waals surface area contributed by atoms with Crippen LogP contribution in [0.3, 0.4) is 0 Å². The molecule has 0 N–H and O–H groups in total. The van der Waals surface area contributed by atoms with Crippen LogP contribution in [0.15, 0.2) is 4.47 Å². The van der Waals surface area contributed by atoms with Crippen molar-refractivity contribution in [2.45, 2.75) is 34.3 Å². The Bertz CT molecular complexity index is 414. The van der Waals surface area contributed by atoms with E-state index in [0.717, 1.165) is 26.7 Å². The Morgan fingerprint density at radius 1 is 1.12 bits per heavy atom. The van der Waals surface area contributed by atoms with E-state index in [9.17, 15) is 10.1 Å². The van der Waals surface area contributed by atoms with Gasteiger partial charge in [0, 0.05) is 4.47 Å². The van der Waals surface area contributed by atoms with Crippen LogP contribution in [0.1, 0.15) is 27.8 Å². The Morgan fingerprint density at radius 3 is 2.12 bits per heavy atom. The van der Waals surface area contributed by atoms with E-state index < -0.39 is 5.09 Å². The SMILES string of the molecule is Cc1c(C)c(C)c(CO[N+](=O)[O-])c(Br)c1C. The molecule has 0 aliphatic rings. The minimum absolute atomic E-state index is 0.0125. The van der Waals surface area contributed by atoms with Gasteiger partial charge in [0.25, 0.3) is 5.09 Å². The van der Waals surface area contributed by atoms with E-state index >= 15 is 0 Å². The van der Waals surface area contributed by atoms with E-state index in [1.54, 1.807) is 0 Å². The van der Waals surface area contributed by atoms with Gasteiger partial charge in [-0.2, -0.15) is 0 Å². The summed E-state index contributed by atoms with van der Waals surface area (Å²) in [6, 6.07) is 0. The van der Waals surface area contributed by atoms with Gasteiger partial charge in [0.2, 0.25) is 0 Å². The zero-order valence-corrected chi connectivity index (χ0v) is 11.3. The third-order valence-electron chi connectivity index (χ3n) is 3.05. The summed E-state index contributed by atoms with van der Waals surface area (Å²) >= 11 is 3.46. The monoisotopic (exact) mass is 287 g/mol. The topological polar surface area (TPSA) is 52.4 Å². The molecule has 0 heterocycles. The molecule has 1 aromatic carbocycles. The maximum Gasteiger partial charge on any atom is 0.294 e. The van der Waals surface area contributed by atoms with E-state index in [-0.39, 0.29) is 6.61 Å². The summed E-state index contributed by atoms with van der Waals surface area (Å²) in [4.78, 5) is 14.6. The van der Waals surface area contributed by atoms with Crippen molar-refractivity contribution in [3.05, 3.63) is 42.4 Å². The highest BCUT2D eigenvalue weighted by molar-refractivity contribution is 9.10. The first kappa shape index (κ1) is 13.0. The van der Waals surface area contributed by atoms with E-state index in [1.807, 2.05) is 27.7 Å². The molecular weight excluding hydrogens is 274 g/mol. The molecule has 0 radical (unpaired) electrons. The lowest BCUT2D eigenvalue weighted by atomic mass is 9.95. The second-order valence-electron chi connectivity index (χ2n) is 3.79. The summed E-state index contributed by atoms with van der Waals surface area (Å²) in [7, 11) is 0. The molecule has 0 unspecified atom stereocenters. The molecule has 0 spiro atoms. The highest BCUT2D eigenvalue weighted by Gasteiger charge is 2.14. The lowest BCUT2D eigenvalue weighted by Gasteiger charge is -2.16. The third-order valence-corrected chi connectivity index (χ3v) is 4.12. The largest absolute Gasteiger partial charge is 0.309 e. The maximum atomic E-state index is 10.2. The fourth-order valence-corrected chi connectivity index (χ4v) is 2.34. The van der Waals surface area contributed by atoms with Gasteiger partial charge in [-0.15, -0.1) is 10.1 Å². The van der Waals surface area contributed by atoms with Crippen LogP contribution >= 0.6 is 15.9 Å². The second-order valence-corrected chi connectivity index (χ2v) is 4.58. The smallest absolute Gasteiger partial charge is 0.294 e. The molecule has 0 amide bonds. The fourth-order valence-electron chi connectivity index (χ4n) is 1.63. The van der Waals surface area contributed by atoms with Gasteiger partial charge in [0.15, 0.2) is 0 Å². The zero-order valence-electron chi connectivity index (χ0n) is 9.76. The predicted octanol–water partition coefficient (Wildman–Crippen LogP) is 3.39. The molecule has 0 fully saturated rings. The molecule has 0 saturated heterocycles. The molecule has 0 aliphatic heterocycles. The Balaban J connectivity index is 3.23. The molecule has 0 aromatic heterocycles. The Labute approximate surface area is 103 Å². The van der Waals surface area contributed by atoms with Crippen LogP contribution in [0.5, 0.6) is 0 Å². The van der Waals surface area contributed by atoms with Crippen molar-refractivity contribution in [2.24, 2.45) is 0 Å². The van der Waals surface area contributed by atoms with Crippen molar-refractivity contribution >= 4 is 15.9 Å². The summed E-state index contributed by atoms with van der Waals surface area (Å²) in [5.74, 6) is 0. The lowest BCUT2D eigenvalue weighted by Crippen LogP contribution is -2.06. The minimum Gasteiger partial charge on any atom is -0.309 e. The number of benzene rings is 1.